The summed E-state index contributed by atoms with van der Waals surface area (Å²) < 4.78 is 0. The normalized spacial score (nSPS) is 9.75. The number of hydrogen-bond acceptors (Lipinski definition) is 4. The lowest BCUT2D eigenvalue weighted by atomic mass is 10.2. The monoisotopic (exact) mass is 325 g/mol. The molecule has 1 aromatic heterocycles. The third-order valence-electron chi connectivity index (χ3n) is 2.24. The molecule has 4 nitrogen and oxygen atoms in total. The number of amides is 1. The Bertz CT molecular complexity index is 703. The number of nitrogens with two attached hydrogens (primary N) is 1. The maximum atomic E-state index is 12.1. The van der Waals surface area contributed by atoms with Crippen LogP contribution in [-0.2, 0) is 0 Å². The second kappa shape index (κ2) is 6.73. The lowest BCUT2D eigenvalue weighted by Crippen LogP contribution is -2.12. The summed E-state index contributed by atoms with van der Waals surface area (Å²) in [5.41, 5.74) is 5.58. The van der Waals surface area contributed by atoms with Gasteiger partial charge in [-0.1, -0.05) is 52.4 Å². The molecule has 0 atom stereocenters. The van der Waals surface area contributed by atoms with Crippen LogP contribution < -0.4 is 11.1 Å². The number of rotatable bonds is 2. The molecule has 0 saturated heterocycles. The van der Waals surface area contributed by atoms with E-state index >= 15 is 0 Å². The SMILES string of the molecule is NCC#Cc1cnc(NC(=O)c2cccc(Cl)c2Cl)s1. The summed E-state index contributed by atoms with van der Waals surface area (Å²) in [6, 6.07) is 4.86. The quantitative estimate of drug-likeness (QED) is 0.834. The van der Waals surface area contributed by atoms with Crippen LogP contribution in [0.25, 0.3) is 0 Å². The highest BCUT2D eigenvalue weighted by atomic mass is 35.5. The summed E-state index contributed by atoms with van der Waals surface area (Å²) in [6.45, 7) is 0.276. The van der Waals surface area contributed by atoms with Crippen LogP contribution in [0.4, 0.5) is 5.13 Å². The number of carbonyl (C=O) groups is 1. The van der Waals surface area contributed by atoms with Crippen molar-refractivity contribution in [2.24, 2.45) is 5.73 Å². The first-order valence-electron chi connectivity index (χ1n) is 5.52. The van der Waals surface area contributed by atoms with Gasteiger partial charge in [0, 0.05) is 0 Å². The van der Waals surface area contributed by atoms with E-state index in [1.807, 2.05) is 0 Å². The van der Waals surface area contributed by atoms with Crippen molar-refractivity contribution < 1.29 is 4.79 Å². The van der Waals surface area contributed by atoms with Crippen molar-refractivity contribution >= 4 is 45.6 Å². The highest BCUT2D eigenvalue weighted by molar-refractivity contribution is 7.16. The first kappa shape index (κ1) is 14.8. The minimum atomic E-state index is -0.370. The van der Waals surface area contributed by atoms with E-state index in [1.165, 1.54) is 11.3 Å². The lowest BCUT2D eigenvalue weighted by Gasteiger charge is -2.04. The fourth-order valence-electron chi connectivity index (χ4n) is 1.37. The van der Waals surface area contributed by atoms with Crippen LogP contribution >= 0.6 is 34.5 Å². The number of nitrogens with one attached hydrogen (secondary N) is 1. The maximum absolute atomic E-state index is 12.1. The number of benzene rings is 1. The van der Waals surface area contributed by atoms with E-state index in [2.05, 4.69) is 22.1 Å². The molecule has 0 saturated carbocycles. The number of aromatic nitrogens is 1. The Balaban J connectivity index is 2.15. The highest BCUT2D eigenvalue weighted by Gasteiger charge is 2.14. The van der Waals surface area contributed by atoms with Gasteiger partial charge in [0.15, 0.2) is 5.13 Å². The Morgan fingerprint density at radius 1 is 1.45 bits per heavy atom. The standard InChI is InChI=1S/C13H9Cl2N3OS/c14-10-5-1-4-9(11(10)15)12(19)18-13-17-7-8(20-13)3-2-6-16/h1,4-5,7H,6,16H2,(H,17,18,19). The van der Waals surface area contributed by atoms with Gasteiger partial charge in [0.05, 0.1) is 33.2 Å². The van der Waals surface area contributed by atoms with Crippen molar-refractivity contribution in [3.63, 3.8) is 0 Å². The third kappa shape index (κ3) is 3.50. The van der Waals surface area contributed by atoms with Crippen molar-refractivity contribution in [3.8, 4) is 11.8 Å². The molecule has 0 unspecified atom stereocenters. The van der Waals surface area contributed by atoms with Crippen LogP contribution in [0.15, 0.2) is 24.4 Å². The molecular weight excluding hydrogens is 317 g/mol. The van der Waals surface area contributed by atoms with E-state index in [-0.39, 0.29) is 17.5 Å². The Morgan fingerprint density at radius 3 is 3.00 bits per heavy atom. The summed E-state index contributed by atoms with van der Waals surface area (Å²) in [7, 11) is 0. The van der Waals surface area contributed by atoms with Crippen molar-refractivity contribution in [2.75, 3.05) is 11.9 Å². The molecule has 2 aromatic rings. The van der Waals surface area contributed by atoms with Crippen LogP contribution in [0.2, 0.25) is 10.0 Å². The Labute approximate surface area is 129 Å². The van der Waals surface area contributed by atoms with E-state index < -0.39 is 0 Å². The van der Waals surface area contributed by atoms with Crippen molar-refractivity contribution in [3.05, 3.63) is 44.9 Å². The van der Waals surface area contributed by atoms with Gasteiger partial charge in [0.1, 0.15) is 0 Å². The number of thiazole rings is 1. The molecule has 102 valence electrons. The lowest BCUT2D eigenvalue weighted by molar-refractivity contribution is 0.102. The summed E-state index contributed by atoms with van der Waals surface area (Å²) >= 11 is 13.1. The van der Waals surface area contributed by atoms with Gasteiger partial charge in [-0.15, -0.1) is 0 Å². The Hall–Kier alpha value is -1.58. The average molecular weight is 326 g/mol. The third-order valence-corrected chi connectivity index (χ3v) is 3.88. The second-order valence-corrected chi connectivity index (χ2v) is 5.41. The largest absolute Gasteiger partial charge is 0.320 e. The van der Waals surface area contributed by atoms with E-state index in [4.69, 9.17) is 28.9 Å². The van der Waals surface area contributed by atoms with Crippen LogP contribution in [0, 0.1) is 11.8 Å². The second-order valence-electron chi connectivity index (χ2n) is 3.59. The smallest absolute Gasteiger partial charge is 0.259 e. The predicted molar refractivity (Wildman–Crippen MR) is 82.5 cm³/mol. The molecule has 0 spiro atoms. The summed E-state index contributed by atoms with van der Waals surface area (Å²) in [5.74, 6) is 5.19. The van der Waals surface area contributed by atoms with Crippen LogP contribution in [0.1, 0.15) is 15.2 Å². The zero-order valence-corrected chi connectivity index (χ0v) is 12.4. The zero-order valence-electron chi connectivity index (χ0n) is 10.1. The van der Waals surface area contributed by atoms with Crippen molar-refractivity contribution in [1.82, 2.24) is 4.98 Å². The number of halogens is 2. The van der Waals surface area contributed by atoms with Gasteiger partial charge in [-0.2, -0.15) is 0 Å². The number of anilines is 1. The Kier molecular flexibility index (Phi) is 4.99. The van der Waals surface area contributed by atoms with Gasteiger partial charge >= 0.3 is 0 Å². The molecule has 0 aliphatic heterocycles. The number of nitrogens with zero attached hydrogens (tertiary/aromatic N) is 1. The molecule has 2 rings (SSSR count). The number of hydrogen-bond donors (Lipinski definition) is 2. The molecule has 0 radical (unpaired) electrons. The molecule has 3 N–H and O–H groups in total. The minimum Gasteiger partial charge on any atom is -0.320 e. The molecule has 0 bridgehead atoms. The molecule has 1 heterocycles. The maximum Gasteiger partial charge on any atom is 0.259 e. The fourth-order valence-corrected chi connectivity index (χ4v) is 2.44. The summed E-state index contributed by atoms with van der Waals surface area (Å²) in [6.07, 6.45) is 1.57. The summed E-state index contributed by atoms with van der Waals surface area (Å²) in [4.78, 5) is 16.8. The summed E-state index contributed by atoms with van der Waals surface area (Å²) in [5, 5.41) is 3.63. The van der Waals surface area contributed by atoms with Gasteiger partial charge in [-0.25, -0.2) is 4.98 Å². The van der Waals surface area contributed by atoms with E-state index in [1.54, 1.807) is 24.4 Å². The van der Waals surface area contributed by atoms with Gasteiger partial charge < -0.3 is 5.73 Å². The first-order chi connectivity index (χ1) is 9.61. The molecule has 0 aliphatic carbocycles. The van der Waals surface area contributed by atoms with E-state index in [0.29, 0.717) is 15.7 Å². The van der Waals surface area contributed by atoms with E-state index in [0.717, 1.165) is 4.88 Å². The molecule has 1 amide bonds. The van der Waals surface area contributed by atoms with E-state index in [9.17, 15) is 4.79 Å². The highest BCUT2D eigenvalue weighted by Crippen LogP contribution is 2.26. The molecule has 1 aromatic carbocycles. The topological polar surface area (TPSA) is 68.0 Å². The van der Waals surface area contributed by atoms with Crippen LogP contribution in [0.3, 0.4) is 0 Å². The zero-order chi connectivity index (χ0) is 14.5. The molecule has 0 fully saturated rings. The van der Waals surface area contributed by atoms with Crippen molar-refractivity contribution in [2.45, 2.75) is 0 Å². The molecule has 7 heteroatoms. The van der Waals surface area contributed by atoms with Crippen molar-refractivity contribution in [1.29, 1.82) is 0 Å². The minimum absolute atomic E-state index is 0.214. The molecule has 20 heavy (non-hydrogen) atoms. The fraction of sp³-hybridized carbons (Fsp3) is 0.0769. The Morgan fingerprint density at radius 2 is 2.25 bits per heavy atom. The van der Waals surface area contributed by atoms with Gasteiger partial charge in [-0.3, -0.25) is 10.1 Å². The van der Waals surface area contributed by atoms with Gasteiger partial charge in [-0.05, 0) is 12.1 Å². The average Bonchev–Trinajstić information content (AvgIpc) is 2.87. The van der Waals surface area contributed by atoms with Crippen LogP contribution in [0.5, 0.6) is 0 Å². The predicted octanol–water partition coefficient (Wildman–Crippen LogP) is 3.01. The molecule has 0 aliphatic rings. The van der Waals surface area contributed by atoms with Gasteiger partial charge in [0.25, 0.3) is 5.91 Å². The van der Waals surface area contributed by atoms with Crippen LogP contribution in [-0.4, -0.2) is 17.4 Å². The van der Waals surface area contributed by atoms with Gasteiger partial charge in [0.2, 0.25) is 0 Å². The molecular formula is C13H9Cl2N3OS. The first-order valence-corrected chi connectivity index (χ1v) is 7.09. The number of carbonyl (C=O) groups excluding carboxylic acids is 1.